The van der Waals surface area contributed by atoms with Gasteiger partial charge >= 0.3 is 5.69 Å². The van der Waals surface area contributed by atoms with E-state index < -0.39 is 4.92 Å². The third kappa shape index (κ3) is 2.82. The molecule has 148 valence electrons. The summed E-state index contributed by atoms with van der Waals surface area (Å²) in [6.45, 7) is 0.252. The van der Waals surface area contributed by atoms with Crippen molar-refractivity contribution >= 4 is 11.6 Å². The first-order valence-electron chi connectivity index (χ1n) is 9.95. The highest BCUT2D eigenvalue weighted by molar-refractivity contribution is 5.92. The second kappa shape index (κ2) is 6.18. The van der Waals surface area contributed by atoms with E-state index in [1.165, 1.54) is 36.3 Å². The van der Waals surface area contributed by atoms with Crippen LogP contribution >= 0.6 is 0 Å². The maximum absolute atomic E-state index is 13.1. The monoisotopic (exact) mass is 384 g/mol. The minimum Gasteiger partial charge on any atom is -0.454 e. The summed E-state index contributed by atoms with van der Waals surface area (Å²) >= 11 is 0. The molecule has 0 aliphatic heterocycles. The van der Waals surface area contributed by atoms with E-state index in [0.717, 1.165) is 37.0 Å². The van der Waals surface area contributed by atoms with E-state index in [0.29, 0.717) is 11.5 Å². The predicted molar refractivity (Wildman–Crippen MR) is 99.7 cm³/mol. The van der Waals surface area contributed by atoms with Crippen molar-refractivity contribution in [3.8, 4) is 0 Å². The van der Waals surface area contributed by atoms with E-state index in [4.69, 9.17) is 4.42 Å². The highest BCUT2D eigenvalue weighted by Gasteiger charge is 2.54. The summed E-state index contributed by atoms with van der Waals surface area (Å²) in [5.74, 6) is 3.12. The molecule has 6 rings (SSSR count). The van der Waals surface area contributed by atoms with E-state index >= 15 is 0 Å². The Kier molecular flexibility index (Phi) is 3.86. The molecule has 28 heavy (non-hydrogen) atoms. The largest absolute Gasteiger partial charge is 0.454 e. The lowest BCUT2D eigenvalue weighted by Crippen LogP contribution is -2.60. The number of hydrogen-bond acceptors (Lipinski definition) is 5. The topological polar surface area (TPSA) is 94.4 Å². The summed E-state index contributed by atoms with van der Waals surface area (Å²) in [4.78, 5) is 25.4. The molecule has 0 unspecified atom stereocenters. The zero-order chi connectivity index (χ0) is 19.5. The van der Waals surface area contributed by atoms with Gasteiger partial charge in [0, 0.05) is 12.6 Å². The zero-order valence-corrected chi connectivity index (χ0v) is 15.9. The quantitative estimate of drug-likeness (QED) is 0.581. The number of nitro groups is 1. The average molecular weight is 384 g/mol. The van der Waals surface area contributed by atoms with Crippen LogP contribution in [-0.2, 0) is 6.54 Å². The first-order chi connectivity index (χ1) is 13.4. The van der Waals surface area contributed by atoms with Gasteiger partial charge in [-0.2, -0.15) is 5.10 Å². The molecule has 1 amide bonds. The van der Waals surface area contributed by atoms with Crippen molar-refractivity contribution in [1.29, 1.82) is 0 Å². The lowest BCUT2D eigenvalue weighted by Gasteiger charge is -2.59. The third-order valence-corrected chi connectivity index (χ3v) is 7.04. The van der Waals surface area contributed by atoms with Gasteiger partial charge in [0.15, 0.2) is 5.76 Å². The van der Waals surface area contributed by atoms with E-state index in [-0.39, 0.29) is 23.7 Å². The molecule has 8 nitrogen and oxygen atoms in total. The van der Waals surface area contributed by atoms with Crippen LogP contribution in [0, 0.1) is 27.9 Å². The Bertz CT molecular complexity index is 895. The summed E-state index contributed by atoms with van der Waals surface area (Å²) < 4.78 is 7.22. The van der Waals surface area contributed by atoms with Crippen molar-refractivity contribution in [3.63, 3.8) is 0 Å². The number of nitrogens with zero attached hydrogens (tertiary/aromatic N) is 4. The van der Waals surface area contributed by atoms with Gasteiger partial charge in [-0.15, -0.1) is 0 Å². The fourth-order valence-corrected chi connectivity index (χ4v) is 6.13. The first-order valence-corrected chi connectivity index (χ1v) is 9.95. The van der Waals surface area contributed by atoms with Crippen LogP contribution in [0.2, 0.25) is 0 Å². The molecule has 2 heterocycles. The van der Waals surface area contributed by atoms with Crippen LogP contribution in [0.3, 0.4) is 0 Å². The molecule has 4 aliphatic carbocycles. The minimum atomic E-state index is -0.485. The molecule has 2 aromatic heterocycles. The van der Waals surface area contributed by atoms with Crippen LogP contribution in [0.1, 0.15) is 54.8 Å². The van der Waals surface area contributed by atoms with Gasteiger partial charge in [0.1, 0.15) is 18.2 Å². The Morgan fingerprint density at radius 3 is 2.50 bits per heavy atom. The number of carbonyl (C=O) groups excluding carboxylic acids is 1. The third-order valence-electron chi connectivity index (χ3n) is 7.04. The fraction of sp³-hybridized carbons (Fsp3) is 0.600. The molecule has 0 aromatic carbocycles. The number of aromatic nitrogens is 2. The summed E-state index contributed by atoms with van der Waals surface area (Å²) in [7, 11) is 1.93. The lowest BCUT2D eigenvalue weighted by molar-refractivity contribution is -0.385. The second-order valence-corrected chi connectivity index (χ2v) is 8.93. The van der Waals surface area contributed by atoms with Crippen LogP contribution in [0.25, 0.3) is 0 Å². The molecule has 0 atom stereocenters. The number of hydrogen-bond donors (Lipinski definition) is 0. The van der Waals surface area contributed by atoms with Gasteiger partial charge in [-0.3, -0.25) is 19.6 Å². The van der Waals surface area contributed by atoms with Crippen molar-refractivity contribution in [3.05, 3.63) is 46.2 Å². The standard InChI is InChI=1S/C20H24N4O4/c1-22(20-7-13-4-14(8-20)6-15(5-13)9-20)19(25)18-3-2-17(28-18)12-23-11-16(10-21-23)24(26)27/h2-3,10-11,13-15H,4-9,12H2,1H3. The zero-order valence-electron chi connectivity index (χ0n) is 15.9. The van der Waals surface area contributed by atoms with Crippen LogP contribution in [0.5, 0.6) is 0 Å². The van der Waals surface area contributed by atoms with E-state index in [1.807, 2.05) is 11.9 Å². The van der Waals surface area contributed by atoms with Crippen molar-refractivity contribution in [2.45, 2.75) is 50.6 Å². The smallest absolute Gasteiger partial charge is 0.307 e. The van der Waals surface area contributed by atoms with Crippen molar-refractivity contribution in [1.82, 2.24) is 14.7 Å². The summed E-state index contributed by atoms with van der Waals surface area (Å²) in [6, 6.07) is 3.45. The van der Waals surface area contributed by atoms with Gasteiger partial charge in [-0.25, -0.2) is 0 Å². The first kappa shape index (κ1) is 17.5. The summed E-state index contributed by atoms with van der Waals surface area (Å²) in [5, 5.41) is 14.7. The number of furan rings is 1. The minimum absolute atomic E-state index is 0.0125. The molecular formula is C20H24N4O4. The molecule has 0 N–H and O–H groups in total. The average Bonchev–Trinajstić information content (AvgIpc) is 3.29. The van der Waals surface area contributed by atoms with Crippen molar-refractivity contribution in [2.24, 2.45) is 17.8 Å². The Labute approximate surface area is 162 Å². The van der Waals surface area contributed by atoms with Gasteiger partial charge in [-0.1, -0.05) is 0 Å². The maximum Gasteiger partial charge on any atom is 0.307 e. The van der Waals surface area contributed by atoms with Crippen LogP contribution in [-0.4, -0.2) is 38.1 Å². The Hall–Kier alpha value is -2.64. The van der Waals surface area contributed by atoms with Crippen LogP contribution in [0.15, 0.2) is 28.9 Å². The predicted octanol–water partition coefficient (Wildman–Crippen LogP) is 3.47. The Morgan fingerprint density at radius 1 is 1.29 bits per heavy atom. The molecule has 4 aliphatic rings. The van der Waals surface area contributed by atoms with Crippen molar-refractivity contribution < 1.29 is 14.1 Å². The molecular weight excluding hydrogens is 360 g/mol. The molecule has 4 bridgehead atoms. The van der Waals surface area contributed by atoms with Gasteiger partial charge in [0.25, 0.3) is 5.91 Å². The fourth-order valence-electron chi connectivity index (χ4n) is 6.13. The van der Waals surface area contributed by atoms with Crippen molar-refractivity contribution in [2.75, 3.05) is 7.05 Å². The Balaban J connectivity index is 1.31. The molecule has 2 aromatic rings. The summed E-state index contributed by atoms with van der Waals surface area (Å²) in [5.41, 5.74) is -0.0779. The molecule has 8 heteroatoms. The summed E-state index contributed by atoms with van der Waals surface area (Å²) in [6.07, 6.45) is 9.91. The molecule has 4 fully saturated rings. The molecule has 4 saturated carbocycles. The molecule has 0 saturated heterocycles. The van der Waals surface area contributed by atoms with Gasteiger partial charge in [0.2, 0.25) is 0 Å². The van der Waals surface area contributed by atoms with Gasteiger partial charge in [0.05, 0.1) is 11.5 Å². The SMILES string of the molecule is CN(C(=O)c1ccc(Cn2cc([N+](=O)[O-])cn2)o1)C12CC3CC(CC(C3)C1)C2. The van der Waals surface area contributed by atoms with Crippen LogP contribution < -0.4 is 0 Å². The molecule has 0 spiro atoms. The van der Waals surface area contributed by atoms with Gasteiger partial charge < -0.3 is 9.32 Å². The lowest BCUT2D eigenvalue weighted by atomic mass is 9.52. The Morgan fingerprint density at radius 2 is 1.93 bits per heavy atom. The normalized spacial score (nSPS) is 30.5. The van der Waals surface area contributed by atoms with Crippen LogP contribution in [0.4, 0.5) is 5.69 Å². The highest BCUT2D eigenvalue weighted by atomic mass is 16.6. The van der Waals surface area contributed by atoms with E-state index in [2.05, 4.69) is 5.10 Å². The second-order valence-electron chi connectivity index (χ2n) is 8.93. The number of rotatable bonds is 5. The number of amides is 1. The molecule has 0 radical (unpaired) electrons. The van der Waals surface area contributed by atoms with E-state index in [1.54, 1.807) is 12.1 Å². The maximum atomic E-state index is 13.1. The number of carbonyl (C=O) groups is 1. The van der Waals surface area contributed by atoms with Gasteiger partial charge in [-0.05, 0) is 68.4 Å². The van der Waals surface area contributed by atoms with E-state index in [9.17, 15) is 14.9 Å². The highest BCUT2D eigenvalue weighted by Crippen LogP contribution is 2.57.